The zero-order valence-electron chi connectivity index (χ0n) is 9.57. The third kappa shape index (κ3) is 2.18. The number of ketones is 1. The highest BCUT2D eigenvalue weighted by Crippen LogP contribution is 2.22. The number of Topliss-reactive ketones (excluding diaryl/α,β-unsaturated/α-hetero) is 1. The fourth-order valence-electron chi connectivity index (χ4n) is 2.02. The molecule has 0 saturated heterocycles. The summed E-state index contributed by atoms with van der Waals surface area (Å²) >= 11 is 0. The van der Waals surface area contributed by atoms with Gasteiger partial charge in [-0.25, -0.2) is 0 Å². The number of nitrogens with two attached hydrogens (primary N) is 1. The lowest BCUT2D eigenvalue weighted by Crippen LogP contribution is -2.15. The van der Waals surface area contributed by atoms with Crippen LogP contribution >= 0.6 is 0 Å². The number of hydrogen-bond donors (Lipinski definition) is 1. The zero-order valence-corrected chi connectivity index (χ0v) is 9.57. The van der Waals surface area contributed by atoms with E-state index >= 15 is 0 Å². The van der Waals surface area contributed by atoms with Crippen molar-refractivity contribution in [2.75, 3.05) is 0 Å². The Morgan fingerprint density at radius 2 is 1.82 bits per heavy atom. The maximum absolute atomic E-state index is 11.5. The van der Waals surface area contributed by atoms with Gasteiger partial charge < -0.3 is 5.73 Å². The first-order chi connectivity index (χ1) is 8.09. The summed E-state index contributed by atoms with van der Waals surface area (Å²) in [6.45, 7) is 1.50. The monoisotopic (exact) mass is 227 g/mol. The highest BCUT2D eigenvalue weighted by Gasteiger charge is 2.13. The summed E-state index contributed by atoms with van der Waals surface area (Å²) in [5, 5.41) is 1.76. The number of primary amides is 1. The van der Waals surface area contributed by atoms with Crippen molar-refractivity contribution in [2.45, 2.75) is 13.3 Å². The minimum absolute atomic E-state index is 0.0165. The van der Waals surface area contributed by atoms with Crippen molar-refractivity contribution < 1.29 is 9.59 Å². The molecule has 1 amide bonds. The largest absolute Gasteiger partial charge is 0.366 e. The summed E-state index contributed by atoms with van der Waals surface area (Å²) in [4.78, 5) is 22.7. The fraction of sp³-hybridized carbons (Fsp3) is 0.143. The Balaban J connectivity index is 2.72. The Labute approximate surface area is 99.2 Å². The molecule has 2 N–H and O–H groups in total. The van der Waals surface area contributed by atoms with E-state index in [9.17, 15) is 9.59 Å². The van der Waals surface area contributed by atoms with Crippen LogP contribution in [0, 0.1) is 0 Å². The molecule has 0 unspecified atom stereocenters. The van der Waals surface area contributed by atoms with Gasteiger partial charge in [0.2, 0.25) is 5.91 Å². The quantitative estimate of drug-likeness (QED) is 0.872. The molecule has 0 aliphatic carbocycles. The van der Waals surface area contributed by atoms with Crippen LogP contribution in [0.4, 0.5) is 0 Å². The van der Waals surface area contributed by atoms with Crippen LogP contribution in [0.1, 0.15) is 22.8 Å². The summed E-state index contributed by atoms with van der Waals surface area (Å²) in [5.74, 6) is -0.471. The molecule has 3 heteroatoms. The highest BCUT2D eigenvalue weighted by molar-refractivity contribution is 6.08. The van der Waals surface area contributed by atoms with Crippen molar-refractivity contribution in [3.63, 3.8) is 0 Å². The first kappa shape index (κ1) is 11.3. The van der Waals surface area contributed by atoms with E-state index in [1.807, 2.05) is 30.3 Å². The predicted octanol–water partition coefficient (Wildman–Crippen LogP) is 2.07. The van der Waals surface area contributed by atoms with Crippen LogP contribution in [0.2, 0.25) is 0 Å². The van der Waals surface area contributed by atoms with Crippen molar-refractivity contribution in [1.29, 1.82) is 0 Å². The number of fused-ring (bicyclic) bond motifs is 1. The molecule has 0 radical (unpaired) electrons. The van der Waals surface area contributed by atoms with Gasteiger partial charge in [-0.3, -0.25) is 9.59 Å². The fourth-order valence-corrected chi connectivity index (χ4v) is 2.02. The molecule has 17 heavy (non-hydrogen) atoms. The molecular weight excluding hydrogens is 214 g/mol. The summed E-state index contributed by atoms with van der Waals surface area (Å²) in [6, 6.07) is 11.2. The van der Waals surface area contributed by atoms with Crippen molar-refractivity contribution >= 4 is 22.5 Å². The van der Waals surface area contributed by atoms with Crippen LogP contribution in [0.3, 0.4) is 0 Å². The molecule has 0 aliphatic heterocycles. The molecule has 0 aromatic heterocycles. The van der Waals surface area contributed by atoms with Crippen molar-refractivity contribution in [3.05, 3.63) is 47.5 Å². The number of rotatable bonds is 3. The summed E-state index contributed by atoms with van der Waals surface area (Å²) in [7, 11) is 0. The topological polar surface area (TPSA) is 60.2 Å². The molecule has 2 aromatic carbocycles. The second kappa shape index (κ2) is 4.37. The van der Waals surface area contributed by atoms with E-state index in [0.29, 0.717) is 11.1 Å². The van der Waals surface area contributed by atoms with E-state index in [2.05, 4.69) is 0 Å². The first-order valence-electron chi connectivity index (χ1n) is 5.39. The van der Waals surface area contributed by atoms with E-state index in [0.717, 1.165) is 10.8 Å². The molecule has 0 spiro atoms. The SMILES string of the molecule is CC(=O)Cc1ccc2ccccc2c1C(N)=O. The van der Waals surface area contributed by atoms with Gasteiger partial charge in [-0.15, -0.1) is 0 Å². The van der Waals surface area contributed by atoms with E-state index in [1.54, 1.807) is 6.07 Å². The molecule has 0 fully saturated rings. The molecule has 2 aromatic rings. The standard InChI is InChI=1S/C14H13NO2/c1-9(16)8-11-7-6-10-4-2-3-5-12(10)13(11)14(15)17/h2-7H,8H2,1H3,(H2,15,17). The number of benzene rings is 2. The number of hydrogen-bond acceptors (Lipinski definition) is 2. The van der Waals surface area contributed by atoms with Crippen LogP contribution in [-0.4, -0.2) is 11.7 Å². The van der Waals surface area contributed by atoms with E-state index < -0.39 is 5.91 Å². The van der Waals surface area contributed by atoms with Crippen LogP contribution in [0.15, 0.2) is 36.4 Å². The first-order valence-corrected chi connectivity index (χ1v) is 5.39. The Bertz CT molecular complexity index is 602. The van der Waals surface area contributed by atoms with Crippen molar-refractivity contribution in [3.8, 4) is 0 Å². The van der Waals surface area contributed by atoms with Crippen LogP contribution in [-0.2, 0) is 11.2 Å². The third-order valence-corrected chi connectivity index (χ3v) is 2.70. The molecule has 0 aliphatic rings. The molecule has 0 saturated carbocycles. The predicted molar refractivity (Wildman–Crippen MR) is 66.9 cm³/mol. The maximum Gasteiger partial charge on any atom is 0.249 e. The highest BCUT2D eigenvalue weighted by atomic mass is 16.1. The van der Waals surface area contributed by atoms with E-state index in [4.69, 9.17) is 5.73 Å². The minimum atomic E-state index is -0.488. The van der Waals surface area contributed by atoms with E-state index in [-0.39, 0.29) is 12.2 Å². The lowest BCUT2D eigenvalue weighted by molar-refractivity contribution is -0.116. The molecule has 0 bridgehead atoms. The lowest BCUT2D eigenvalue weighted by atomic mass is 9.95. The number of carbonyl (C=O) groups is 2. The van der Waals surface area contributed by atoms with Crippen LogP contribution in [0.25, 0.3) is 10.8 Å². The maximum atomic E-state index is 11.5. The van der Waals surface area contributed by atoms with Gasteiger partial charge in [-0.05, 0) is 23.3 Å². The second-order valence-electron chi connectivity index (χ2n) is 4.06. The van der Waals surface area contributed by atoms with Gasteiger partial charge >= 0.3 is 0 Å². The van der Waals surface area contributed by atoms with Crippen molar-refractivity contribution in [1.82, 2.24) is 0 Å². The summed E-state index contributed by atoms with van der Waals surface area (Å²) in [6.07, 6.45) is 0.239. The smallest absolute Gasteiger partial charge is 0.249 e. The van der Waals surface area contributed by atoms with Crippen LogP contribution in [0.5, 0.6) is 0 Å². The summed E-state index contributed by atoms with van der Waals surface area (Å²) in [5.41, 5.74) is 6.56. The average molecular weight is 227 g/mol. The zero-order chi connectivity index (χ0) is 12.4. The summed E-state index contributed by atoms with van der Waals surface area (Å²) < 4.78 is 0. The number of carbonyl (C=O) groups excluding carboxylic acids is 2. The molecular formula is C14H13NO2. The normalized spacial score (nSPS) is 10.4. The lowest BCUT2D eigenvalue weighted by Gasteiger charge is -2.09. The van der Waals surface area contributed by atoms with Gasteiger partial charge in [0.05, 0.1) is 5.56 Å². The van der Waals surface area contributed by atoms with Crippen molar-refractivity contribution in [2.24, 2.45) is 5.73 Å². The molecule has 3 nitrogen and oxygen atoms in total. The molecule has 0 heterocycles. The second-order valence-corrected chi connectivity index (χ2v) is 4.06. The van der Waals surface area contributed by atoms with Gasteiger partial charge in [0.15, 0.2) is 0 Å². The Morgan fingerprint density at radius 3 is 2.47 bits per heavy atom. The van der Waals surface area contributed by atoms with Gasteiger partial charge in [0.1, 0.15) is 5.78 Å². The Kier molecular flexibility index (Phi) is 2.91. The average Bonchev–Trinajstić information content (AvgIpc) is 2.27. The van der Waals surface area contributed by atoms with Crippen LogP contribution < -0.4 is 5.73 Å². The molecule has 86 valence electrons. The minimum Gasteiger partial charge on any atom is -0.366 e. The van der Waals surface area contributed by atoms with E-state index in [1.165, 1.54) is 6.92 Å². The van der Waals surface area contributed by atoms with Gasteiger partial charge in [-0.2, -0.15) is 0 Å². The Morgan fingerprint density at radius 1 is 1.12 bits per heavy atom. The third-order valence-electron chi connectivity index (χ3n) is 2.70. The van der Waals surface area contributed by atoms with Gasteiger partial charge in [0.25, 0.3) is 0 Å². The Hall–Kier alpha value is -2.16. The van der Waals surface area contributed by atoms with Gasteiger partial charge in [0, 0.05) is 6.42 Å². The molecule has 2 rings (SSSR count). The number of amides is 1. The molecule has 0 atom stereocenters. The van der Waals surface area contributed by atoms with Gasteiger partial charge in [-0.1, -0.05) is 36.4 Å².